The zero-order valence-electron chi connectivity index (χ0n) is 11.8. The van der Waals surface area contributed by atoms with Gasteiger partial charge in [-0.2, -0.15) is 8.78 Å². The van der Waals surface area contributed by atoms with Gasteiger partial charge in [0.1, 0.15) is 5.75 Å². The fraction of sp³-hybridized carbons (Fsp3) is 0.571. The Balaban J connectivity index is 2.17. The van der Waals surface area contributed by atoms with Crippen molar-refractivity contribution in [2.75, 3.05) is 6.61 Å². The molecule has 1 aliphatic rings. The molecule has 21 heavy (non-hydrogen) atoms. The minimum Gasteiger partial charge on any atom is -0.435 e. The summed E-state index contributed by atoms with van der Waals surface area (Å²) in [7, 11) is -3.39. The van der Waals surface area contributed by atoms with Gasteiger partial charge in [0.2, 0.25) is 0 Å². The topological polar surface area (TPSA) is 52.6 Å². The van der Waals surface area contributed by atoms with Gasteiger partial charge in [-0.25, -0.2) is 8.42 Å². The zero-order valence-corrected chi connectivity index (χ0v) is 12.6. The molecular formula is C14H18F2O4S. The average Bonchev–Trinajstić information content (AvgIpc) is 2.85. The van der Waals surface area contributed by atoms with Crippen molar-refractivity contribution >= 4 is 9.84 Å². The third-order valence-electron chi connectivity index (χ3n) is 3.80. The maximum absolute atomic E-state index is 12.6. The third-order valence-corrected chi connectivity index (χ3v) is 6.52. The van der Waals surface area contributed by atoms with E-state index in [1.165, 1.54) is 24.3 Å². The molecule has 4 nitrogen and oxygen atoms in total. The molecule has 1 aromatic rings. The van der Waals surface area contributed by atoms with Gasteiger partial charge in [0.25, 0.3) is 0 Å². The van der Waals surface area contributed by atoms with E-state index in [9.17, 15) is 17.2 Å². The van der Waals surface area contributed by atoms with Gasteiger partial charge in [-0.15, -0.1) is 0 Å². The lowest BCUT2D eigenvalue weighted by Crippen LogP contribution is -2.31. The second kappa shape index (κ2) is 6.27. The Bertz CT molecular complexity index is 571. The van der Waals surface area contributed by atoms with Crippen molar-refractivity contribution in [1.82, 2.24) is 0 Å². The van der Waals surface area contributed by atoms with Crippen LogP contribution >= 0.6 is 0 Å². The summed E-state index contributed by atoms with van der Waals surface area (Å²) < 4.78 is 58.9. The van der Waals surface area contributed by atoms with Crippen LogP contribution in [0.25, 0.3) is 0 Å². The SMILES string of the molecule is C[C@@H]1OCC[C@@H]1S(=O)(=O)[C@@H](C)c1ccc(OC(F)F)cc1. The predicted octanol–water partition coefficient (Wildman–Crippen LogP) is 2.94. The predicted molar refractivity (Wildman–Crippen MR) is 74.2 cm³/mol. The van der Waals surface area contributed by atoms with Crippen molar-refractivity contribution in [3.63, 3.8) is 0 Å². The average molecular weight is 320 g/mol. The summed E-state index contributed by atoms with van der Waals surface area (Å²) in [6.07, 6.45) is 0.166. The highest BCUT2D eigenvalue weighted by atomic mass is 32.2. The first-order chi connectivity index (χ1) is 9.82. The van der Waals surface area contributed by atoms with Crippen LogP contribution < -0.4 is 4.74 Å². The Hall–Kier alpha value is -1.21. The number of ether oxygens (including phenoxy) is 2. The van der Waals surface area contributed by atoms with E-state index in [0.29, 0.717) is 18.6 Å². The van der Waals surface area contributed by atoms with Crippen molar-refractivity contribution in [2.24, 2.45) is 0 Å². The Labute approximate surface area is 123 Å². The minimum atomic E-state index is -3.39. The van der Waals surface area contributed by atoms with E-state index in [2.05, 4.69) is 4.74 Å². The Kier molecular flexibility index (Phi) is 4.83. The Morgan fingerprint density at radius 3 is 2.38 bits per heavy atom. The smallest absolute Gasteiger partial charge is 0.387 e. The standard InChI is InChI=1S/C14H18F2O4S/c1-9-13(7-8-19-9)21(17,18)10(2)11-3-5-12(6-4-11)20-14(15)16/h3-6,9-10,13-14H,7-8H2,1-2H3/t9-,10-,13-/m0/s1. The maximum Gasteiger partial charge on any atom is 0.387 e. The van der Waals surface area contributed by atoms with Crippen LogP contribution in [0, 0.1) is 0 Å². The first-order valence-corrected chi connectivity index (χ1v) is 8.32. The molecular weight excluding hydrogens is 302 g/mol. The molecule has 0 aliphatic carbocycles. The molecule has 1 aliphatic heterocycles. The molecule has 7 heteroatoms. The normalized spacial score (nSPS) is 24.2. The first-order valence-electron chi connectivity index (χ1n) is 6.71. The number of rotatable bonds is 5. The summed E-state index contributed by atoms with van der Waals surface area (Å²) in [6.45, 7) is 0.901. The van der Waals surface area contributed by atoms with Crippen LogP contribution in [0.4, 0.5) is 8.78 Å². The third kappa shape index (κ3) is 3.52. The van der Waals surface area contributed by atoms with E-state index < -0.39 is 26.9 Å². The van der Waals surface area contributed by atoms with Crippen LogP contribution in [0.5, 0.6) is 5.75 Å². The van der Waals surface area contributed by atoms with E-state index >= 15 is 0 Å². The molecule has 0 bridgehead atoms. The lowest BCUT2D eigenvalue weighted by molar-refractivity contribution is -0.0498. The molecule has 2 rings (SSSR count). The summed E-state index contributed by atoms with van der Waals surface area (Å²) in [5, 5.41) is -1.24. The molecule has 1 heterocycles. The molecule has 0 saturated carbocycles. The molecule has 0 N–H and O–H groups in total. The van der Waals surface area contributed by atoms with Gasteiger partial charge in [-0.1, -0.05) is 12.1 Å². The summed E-state index contributed by atoms with van der Waals surface area (Å²) in [6, 6.07) is 5.70. The molecule has 0 aromatic heterocycles. The van der Waals surface area contributed by atoms with Crippen LogP contribution in [0.3, 0.4) is 0 Å². The van der Waals surface area contributed by atoms with Crippen LogP contribution in [-0.4, -0.2) is 33.0 Å². The van der Waals surface area contributed by atoms with Gasteiger partial charge in [-0.05, 0) is 38.0 Å². The minimum absolute atomic E-state index is 0.0101. The number of hydrogen-bond acceptors (Lipinski definition) is 4. The molecule has 3 atom stereocenters. The van der Waals surface area contributed by atoms with Gasteiger partial charge >= 0.3 is 6.61 Å². The van der Waals surface area contributed by atoms with Gasteiger partial charge in [-0.3, -0.25) is 0 Å². The zero-order chi connectivity index (χ0) is 15.6. The Morgan fingerprint density at radius 2 is 1.90 bits per heavy atom. The molecule has 118 valence electrons. The summed E-state index contributed by atoms with van der Waals surface area (Å²) in [4.78, 5) is 0. The van der Waals surface area contributed by atoms with Crippen molar-refractivity contribution in [1.29, 1.82) is 0 Å². The van der Waals surface area contributed by atoms with Gasteiger partial charge in [0.15, 0.2) is 9.84 Å². The lowest BCUT2D eigenvalue weighted by Gasteiger charge is -2.21. The molecule has 0 unspecified atom stereocenters. The van der Waals surface area contributed by atoms with Crippen LogP contribution in [0.1, 0.15) is 31.1 Å². The highest BCUT2D eigenvalue weighted by Crippen LogP contribution is 2.32. The lowest BCUT2D eigenvalue weighted by atomic mass is 10.1. The largest absolute Gasteiger partial charge is 0.435 e. The maximum atomic E-state index is 12.6. The van der Waals surface area contributed by atoms with Crippen molar-refractivity contribution in [2.45, 2.75) is 43.5 Å². The number of benzene rings is 1. The van der Waals surface area contributed by atoms with Crippen LogP contribution in [-0.2, 0) is 14.6 Å². The van der Waals surface area contributed by atoms with E-state index in [1.807, 2.05) is 0 Å². The van der Waals surface area contributed by atoms with E-state index in [1.54, 1.807) is 13.8 Å². The fourth-order valence-corrected chi connectivity index (χ4v) is 4.61. The number of halogens is 2. The molecule has 0 spiro atoms. The van der Waals surface area contributed by atoms with E-state index in [-0.39, 0.29) is 11.9 Å². The second-order valence-corrected chi connectivity index (χ2v) is 7.57. The molecule has 1 fully saturated rings. The van der Waals surface area contributed by atoms with Gasteiger partial charge < -0.3 is 9.47 Å². The van der Waals surface area contributed by atoms with Crippen LogP contribution in [0.15, 0.2) is 24.3 Å². The highest BCUT2D eigenvalue weighted by molar-refractivity contribution is 7.92. The van der Waals surface area contributed by atoms with Crippen molar-refractivity contribution < 1.29 is 26.7 Å². The number of alkyl halides is 2. The van der Waals surface area contributed by atoms with E-state index in [4.69, 9.17) is 4.74 Å². The van der Waals surface area contributed by atoms with Crippen LogP contribution in [0.2, 0.25) is 0 Å². The monoisotopic (exact) mass is 320 g/mol. The summed E-state index contributed by atoms with van der Waals surface area (Å²) in [5.74, 6) is 0.0101. The van der Waals surface area contributed by atoms with Gasteiger partial charge in [0, 0.05) is 6.61 Å². The van der Waals surface area contributed by atoms with Crippen molar-refractivity contribution in [3.8, 4) is 5.75 Å². The molecule has 0 radical (unpaired) electrons. The first kappa shape index (κ1) is 16.2. The summed E-state index contributed by atoms with van der Waals surface area (Å²) >= 11 is 0. The van der Waals surface area contributed by atoms with Gasteiger partial charge in [0.05, 0.1) is 16.6 Å². The highest BCUT2D eigenvalue weighted by Gasteiger charge is 2.39. The number of sulfone groups is 1. The fourth-order valence-electron chi connectivity index (χ4n) is 2.52. The van der Waals surface area contributed by atoms with Crippen molar-refractivity contribution in [3.05, 3.63) is 29.8 Å². The number of hydrogen-bond donors (Lipinski definition) is 0. The summed E-state index contributed by atoms with van der Waals surface area (Å²) in [5.41, 5.74) is 0.552. The second-order valence-electron chi connectivity index (χ2n) is 5.08. The molecule has 1 aromatic carbocycles. The molecule has 1 saturated heterocycles. The van der Waals surface area contributed by atoms with E-state index in [0.717, 1.165) is 0 Å². The quantitative estimate of drug-likeness (QED) is 0.837. The molecule has 0 amide bonds. The Morgan fingerprint density at radius 1 is 1.29 bits per heavy atom.